The number of hydrogen-bond donors (Lipinski definition) is 0. The van der Waals surface area contributed by atoms with Gasteiger partial charge in [-0.05, 0) is 30.7 Å². The molecule has 0 aromatic carbocycles. The van der Waals surface area contributed by atoms with Gasteiger partial charge in [-0.2, -0.15) is 11.8 Å². The molecule has 2 fully saturated rings. The van der Waals surface area contributed by atoms with E-state index in [0.717, 1.165) is 50.7 Å². The minimum absolute atomic E-state index is 0.208. The van der Waals surface area contributed by atoms with E-state index < -0.39 is 0 Å². The molecule has 1 atom stereocenters. The van der Waals surface area contributed by atoms with Crippen LogP contribution in [0.2, 0.25) is 0 Å². The molecule has 2 saturated heterocycles. The lowest BCUT2D eigenvalue weighted by atomic mass is 10.1. The van der Waals surface area contributed by atoms with Crippen LogP contribution in [0.1, 0.15) is 12.0 Å². The molecule has 1 aromatic heterocycles. The second-order valence-corrected chi connectivity index (χ2v) is 6.74. The molecule has 3 heterocycles. The van der Waals surface area contributed by atoms with Crippen molar-refractivity contribution in [2.75, 3.05) is 37.7 Å². The summed E-state index contributed by atoms with van der Waals surface area (Å²) in [6, 6.07) is 4.11. The number of likely N-dealkylation sites (tertiary alicyclic amines) is 1. The summed E-state index contributed by atoms with van der Waals surface area (Å²) in [7, 11) is 0. The number of amides is 1. The highest BCUT2D eigenvalue weighted by molar-refractivity contribution is 7.99. The zero-order valence-corrected chi connectivity index (χ0v) is 12.5. The molecular formula is C15H21N3OS. The van der Waals surface area contributed by atoms with Gasteiger partial charge in [-0.3, -0.25) is 14.7 Å². The van der Waals surface area contributed by atoms with E-state index in [1.807, 2.05) is 24.2 Å². The maximum absolute atomic E-state index is 12.5. The molecule has 0 aliphatic carbocycles. The van der Waals surface area contributed by atoms with Gasteiger partial charge < -0.3 is 4.90 Å². The minimum atomic E-state index is 0.208. The lowest BCUT2D eigenvalue weighted by Gasteiger charge is -2.29. The first-order valence-corrected chi connectivity index (χ1v) is 8.46. The van der Waals surface area contributed by atoms with Gasteiger partial charge in [0.05, 0.1) is 5.92 Å². The van der Waals surface area contributed by atoms with Gasteiger partial charge in [0.15, 0.2) is 0 Å². The highest BCUT2D eigenvalue weighted by atomic mass is 32.2. The predicted molar refractivity (Wildman–Crippen MR) is 81.5 cm³/mol. The standard InChI is InChI=1S/C15H21N3OS/c19-15(18-7-9-20-10-8-18)14-3-6-17(12-14)11-13-1-4-16-5-2-13/h1-2,4-5,14H,3,6-12H2. The highest BCUT2D eigenvalue weighted by Crippen LogP contribution is 2.22. The number of hydrogen-bond acceptors (Lipinski definition) is 4. The number of carbonyl (C=O) groups excluding carboxylic acids is 1. The normalized spacial score (nSPS) is 24.0. The number of aromatic nitrogens is 1. The Hall–Kier alpha value is -1.07. The van der Waals surface area contributed by atoms with Crippen molar-refractivity contribution in [1.82, 2.24) is 14.8 Å². The summed E-state index contributed by atoms with van der Waals surface area (Å²) in [5.74, 6) is 2.78. The minimum Gasteiger partial charge on any atom is -0.341 e. The zero-order valence-electron chi connectivity index (χ0n) is 11.7. The van der Waals surface area contributed by atoms with Gasteiger partial charge in [-0.15, -0.1) is 0 Å². The fourth-order valence-corrected chi connectivity index (χ4v) is 3.87. The van der Waals surface area contributed by atoms with E-state index in [9.17, 15) is 4.79 Å². The molecule has 0 radical (unpaired) electrons. The Balaban J connectivity index is 1.52. The molecule has 1 amide bonds. The second-order valence-electron chi connectivity index (χ2n) is 5.51. The molecule has 5 heteroatoms. The van der Waals surface area contributed by atoms with E-state index >= 15 is 0 Å². The molecule has 0 N–H and O–H groups in total. The Morgan fingerprint density at radius 1 is 1.25 bits per heavy atom. The smallest absolute Gasteiger partial charge is 0.227 e. The summed E-state index contributed by atoms with van der Waals surface area (Å²) in [6.45, 7) is 4.74. The first-order valence-electron chi connectivity index (χ1n) is 7.31. The monoisotopic (exact) mass is 291 g/mol. The van der Waals surface area contributed by atoms with Crippen molar-refractivity contribution in [1.29, 1.82) is 0 Å². The fraction of sp³-hybridized carbons (Fsp3) is 0.600. The molecule has 108 valence electrons. The van der Waals surface area contributed by atoms with E-state index in [2.05, 4.69) is 26.9 Å². The largest absolute Gasteiger partial charge is 0.341 e. The molecule has 2 aliphatic heterocycles. The van der Waals surface area contributed by atoms with Crippen molar-refractivity contribution in [3.8, 4) is 0 Å². The summed E-state index contributed by atoms with van der Waals surface area (Å²) in [5, 5.41) is 0. The molecule has 3 rings (SSSR count). The molecule has 0 saturated carbocycles. The number of carbonyl (C=O) groups is 1. The van der Waals surface area contributed by atoms with E-state index in [4.69, 9.17) is 0 Å². The molecule has 0 bridgehead atoms. The quantitative estimate of drug-likeness (QED) is 0.845. The molecular weight excluding hydrogens is 270 g/mol. The van der Waals surface area contributed by atoms with Crippen LogP contribution in [0.5, 0.6) is 0 Å². The van der Waals surface area contributed by atoms with E-state index in [1.54, 1.807) is 0 Å². The molecule has 1 aromatic rings. The summed E-state index contributed by atoms with van der Waals surface area (Å²) >= 11 is 1.95. The summed E-state index contributed by atoms with van der Waals surface area (Å²) in [6.07, 6.45) is 4.67. The third-order valence-corrected chi connectivity index (χ3v) is 5.04. The maximum Gasteiger partial charge on any atom is 0.227 e. The molecule has 4 nitrogen and oxygen atoms in total. The first kappa shape index (κ1) is 13.9. The van der Waals surface area contributed by atoms with Gasteiger partial charge in [0.25, 0.3) is 0 Å². The van der Waals surface area contributed by atoms with Crippen LogP contribution in [0.3, 0.4) is 0 Å². The van der Waals surface area contributed by atoms with Gasteiger partial charge in [-0.25, -0.2) is 0 Å². The Bertz CT molecular complexity index is 448. The van der Waals surface area contributed by atoms with Gasteiger partial charge in [0, 0.05) is 50.1 Å². The van der Waals surface area contributed by atoms with E-state index in [1.165, 1.54) is 5.56 Å². The third kappa shape index (κ3) is 3.33. The fourth-order valence-electron chi connectivity index (χ4n) is 2.97. The predicted octanol–water partition coefficient (Wildman–Crippen LogP) is 1.48. The van der Waals surface area contributed by atoms with Crippen LogP contribution >= 0.6 is 11.8 Å². The van der Waals surface area contributed by atoms with Crippen molar-refractivity contribution < 1.29 is 4.79 Å². The summed E-state index contributed by atoms with van der Waals surface area (Å²) in [4.78, 5) is 21.0. The molecule has 2 aliphatic rings. The Morgan fingerprint density at radius 2 is 2.00 bits per heavy atom. The second kappa shape index (κ2) is 6.59. The van der Waals surface area contributed by atoms with Gasteiger partial charge in [0.2, 0.25) is 5.91 Å². The van der Waals surface area contributed by atoms with Gasteiger partial charge >= 0.3 is 0 Å². The lowest BCUT2D eigenvalue weighted by molar-refractivity contribution is -0.134. The topological polar surface area (TPSA) is 36.4 Å². The zero-order chi connectivity index (χ0) is 13.8. The Kier molecular flexibility index (Phi) is 4.58. The SMILES string of the molecule is O=C(C1CCN(Cc2ccncc2)C1)N1CCSCC1. The van der Waals surface area contributed by atoms with Crippen LogP contribution in [-0.4, -0.2) is 58.4 Å². The van der Waals surface area contributed by atoms with Crippen molar-refractivity contribution in [3.63, 3.8) is 0 Å². The first-order chi connectivity index (χ1) is 9.83. The van der Waals surface area contributed by atoms with Crippen molar-refractivity contribution in [3.05, 3.63) is 30.1 Å². The number of pyridine rings is 1. The third-order valence-electron chi connectivity index (χ3n) is 4.10. The Morgan fingerprint density at radius 3 is 2.75 bits per heavy atom. The van der Waals surface area contributed by atoms with Crippen molar-refractivity contribution in [2.24, 2.45) is 5.92 Å². The number of rotatable bonds is 3. The van der Waals surface area contributed by atoms with Gasteiger partial charge in [-0.1, -0.05) is 0 Å². The highest BCUT2D eigenvalue weighted by Gasteiger charge is 2.31. The van der Waals surface area contributed by atoms with Crippen LogP contribution < -0.4 is 0 Å². The van der Waals surface area contributed by atoms with Crippen LogP contribution in [0.15, 0.2) is 24.5 Å². The van der Waals surface area contributed by atoms with Crippen LogP contribution in [0.25, 0.3) is 0 Å². The van der Waals surface area contributed by atoms with E-state index in [-0.39, 0.29) is 5.92 Å². The van der Waals surface area contributed by atoms with E-state index in [0.29, 0.717) is 5.91 Å². The lowest BCUT2D eigenvalue weighted by Crippen LogP contribution is -2.42. The molecule has 1 unspecified atom stereocenters. The molecule has 20 heavy (non-hydrogen) atoms. The van der Waals surface area contributed by atoms with Crippen molar-refractivity contribution >= 4 is 17.7 Å². The molecule has 0 spiro atoms. The summed E-state index contributed by atoms with van der Waals surface area (Å²) < 4.78 is 0. The van der Waals surface area contributed by atoms with Crippen LogP contribution in [0, 0.1) is 5.92 Å². The average molecular weight is 291 g/mol. The maximum atomic E-state index is 12.5. The van der Waals surface area contributed by atoms with Crippen LogP contribution in [-0.2, 0) is 11.3 Å². The number of nitrogens with zero attached hydrogens (tertiary/aromatic N) is 3. The number of thioether (sulfide) groups is 1. The summed E-state index contributed by atoms with van der Waals surface area (Å²) in [5.41, 5.74) is 1.28. The Labute approximate surface area is 124 Å². The van der Waals surface area contributed by atoms with Crippen molar-refractivity contribution in [2.45, 2.75) is 13.0 Å². The van der Waals surface area contributed by atoms with Gasteiger partial charge in [0.1, 0.15) is 0 Å². The van der Waals surface area contributed by atoms with Crippen LogP contribution in [0.4, 0.5) is 0 Å². The average Bonchev–Trinajstić information content (AvgIpc) is 2.97.